The summed E-state index contributed by atoms with van der Waals surface area (Å²) in [6.45, 7) is 8.63. The topological polar surface area (TPSA) is 108 Å². The Bertz CT molecular complexity index is 906. The molecule has 2 rings (SSSR count). The highest BCUT2D eigenvalue weighted by Gasteiger charge is 2.35. The minimum atomic E-state index is -0.870. The van der Waals surface area contributed by atoms with Gasteiger partial charge in [-0.25, -0.2) is 4.79 Å². The van der Waals surface area contributed by atoms with Gasteiger partial charge in [0, 0.05) is 17.9 Å². The predicted octanol–water partition coefficient (Wildman–Crippen LogP) is 3.55. The van der Waals surface area contributed by atoms with Gasteiger partial charge in [0.05, 0.1) is 6.07 Å². The van der Waals surface area contributed by atoms with Gasteiger partial charge in [-0.1, -0.05) is 13.8 Å². The molecule has 0 aromatic carbocycles. The van der Waals surface area contributed by atoms with Crippen LogP contribution in [0.3, 0.4) is 0 Å². The van der Waals surface area contributed by atoms with E-state index in [1.807, 2.05) is 26.0 Å². The summed E-state index contributed by atoms with van der Waals surface area (Å²) in [5.74, 6) is -0.807. The van der Waals surface area contributed by atoms with E-state index >= 15 is 0 Å². The quantitative estimate of drug-likeness (QED) is 0.400. The van der Waals surface area contributed by atoms with Crippen molar-refractivity contribution in [2.45, 2.75) is 71.9 Å². The lowest BCUT2D eigenvalue weighted by molar-refractivity contribution is -0.144. The molecule has 0 unspecified atom stereocenters. The normalized spacial score (nSPS) is 15.5. The molecule has 0 radical (unpaired) electrons. The smallest absolute Gasteiger partial charge is 0.349 e. The van der Waals surface area contributed by atoms with Gasteiger partial charge in [0.25, 0.3) is 5.91 Å². The molecule has 1 amide bonds. The third kappa shape index (κ3) is 5.73. The lowest BCUT2D eigenvalue weighted by atomic mass is 10.00. The summed E-state index contributed by atoms with van der Waals surface area (Å²) in [7, 11) is 0. The van der Waals surface area contributed by atoms with Crippen LogP contribution in [-0.4, -0.2) is 28.6 Å². The van der Waals surface area contributed by atoms with E-state index in [9.17, 15) is 20.1 Å². The van der Waals surface area contributed by atoms with Gasteiger partial charge >= 0.3 is 5.97 Å². The number of nitrogens with one attached hydrogen (secondary N) is 1. The van der Waals surface area contributed by atoms with Crippen molar-refractivity contribution in [3.63, 3.8) is 0 Å². The highest BCUT2D eigenvalue weighted by molar-refractivity contribution is 5.99. The van der Waals surface area contributed by atoms with E-state index in [-0.39, 0.29) is 5.57 Å². The van der Waals surface area contributed by atoms with Gasteiger partial charge < -0.3 is 14.6 Å². The van der Waals surface area contributed by atoms with Crippen LogP contribution < -0.4 is 5.32 Å². The zero-order valence-electron chi connectivity index (χ0n) is 18.2. The zero-order chi connectivity index (χ0) is 22.3. The molecule has 1 saturated carbocycles. The number of carbonyl (C=O) groups is 2. The van der Waals surface area contributed by atoms with Crippen LogP contribution in [0.5, 0.6) is 0 Å². The van der Waals surface area contributed by atoms with E-state index in [1.54, 1.807) is 0 Å². The average Bonchev–Trinajstić information content (AvgIpc) is 3.27. The highest BCUT2D eigenvalue weighted by atomic mass is 16.5. The van der Waals surface area contributed by atoms with Crippen LogP contribution in [0.25, 0.3) is 6.08 Å². The molecule has 160 valence electrons. The Labute approximate surface area is 178 Å². The summed E-state index contributed by atoms with van der Waals surface area (Å²) in [5.41, 5.74) is 1.78. The Morgan fingerprint density at radius 3 is 2.53 bits per heavy atom. The van der Waals surface area contributed by atoms with Crippen molar-refractivity contribution in [2.24, 2.45) is 5.92 Å². The van der Waals surface area contributed by atoms with Gasteiger partial charge in [-0.3, -0.25) is 4.79 Å². The Kier molecular flexibility index (Phi) is 7.83. The van der Waals surface area contributed by atoms with Crippen LogP contribution in [0.15, 0.2) is 11.6 Å². The van der Waals surface area contributed by atoms with Gasteiger partial charge in [-0.2, -0.15) is 10.5 Å². The molecule has 1 aliphatic carbocycles. The first-order valence-electron chi connectivity index (χ1n) is 10.4. The first kappa shape index (κ1) is 23.2. The first-order valence-corrected chi connectivity index (χ1v) is 10.4. The van der Waals surface area contributed by atoms with E-state index in [0.717, 1.165) is 42.8 Å². The fourth-order valence-electron chi connectivity index (χ4n) is 3.75. The van der Waals surface area contributed by atoms with Crippen LogP contribution in [0.4, 0.5) is 0 Å². The van der Waals surface area contributed by atoms with Crippen molar-refractivity contribution in [1.29, 1.82) is 10.5 Å². The van der Waals surface area contributed by atoms with Crippen molar-refractivity contribution >= 4 is 18.0 Å². The summed E-state index contributed by atoms with van der Waals surface area (Å²) in [5, 5.41) is 21.4. The summed E-state index contributed by atoms with van der Waals surface area (Å²) in [6.07, 6.45) is 5.49. The van der Waals surface area contributed by atoms with Crippen LogP contribution in [0.2, 0.25) is 0 Å². The van der Waals surface area contributed by atoms with Gasteiger partial charge in [0.2, 0.25) is 0 Å². The number of rotatable bonds is 8. The molecular formula is C23H30N4O3. The van der Waals surface area contributed by atoms with Crippen molar-refractivity contribution < 1.29 is 14.3 Å². The number of esters is 1. The van der Waals surface area contributed by atoms with E-state index in [2.05, 4.69) is 29.8 Å². The van der Waals surface area contributed by atoms with E-state index < -0.39 is 24.0 Å². The Hall–Kier alpha value is -3.06. The minimum Gasteiger partial charge on any atom is -0.451 e. The molecule has 1 fully saturated rings. The number of aromatic nitrogens is 1. The standard InChI is InChI=1S/C23H30N4O3/c1-16(2)7-10-27-17(3)11-19(18(27)4)12-20(13-24)22(29)30-14-21(28)26-23(15-25)8-5-6-9-23/h11-12,16H,5-10,14H2,1-4H3,(H,26,28)/b20-12+. The fraction of sp³-hybridized carbons (Fsp3) is 0.565. The molecule has 0 spiro atoms. The number of ether oxygens (including phenoxy) is 1. The largest absolute Gasteiger partial charge is 0.451 e. The molecule has 0 atom stereocenters. The second kappa shape index (κ2) is 10.1. The number of amides is 1. The van der Waals surface area contributed by atoms with Crippen molar-refractivity contribution in [3.05, 3.63) is 28.6 Å². The lowest BCUT2D eigenvalue weighted by Crippen LogP contribution is -2.46. The van der Waals surface area contributed by atoms with E-state index in [1.165, 1.54) is 6.08 Å². The minimum absolute atomic E-state index is 0.164. The number of hydrogen-bond acceptors (Lipinski definition) is 5. The Morgan fingerprint density at radius 2 is 1.97 bits per heavy atom. The number of aryl methyl sites for hydroxylation is 1. The molecular weight excluding hydrogens is 380 g/mol. The molecule has 1 heterocycles. The van der Waals surface area contributed by atoms with Gasteiger partial charge in [-0.05, 0) is 69.6 Å². The summed E-state index contributed by atoms with van der Waals surface area (Å²) < 4.78 is 7.20. The molecule has 0 aliphatic heterocycles. The van der Waals surface area contributed by atoms with Crippen molar-refractivity contribution in [2.75, 3.05) is 6.61 Å². The zero-order valence-corrected chi connectivity index (χ0v) is 18.2. The van der Waals surface area contributed by atoms with E-state index in [0.29, 0.717) is 18.8 Å². The van der Waals surface area contributed by atoms with Crippen LogP contribution in [0.1, 0.15) is 62.9 Å². The average molecular weight is 411 g/mol. The molecule has 1 aromatic heterocycles. The number of carbonyl (C=O) groups excluding carboxylic acids is 2. The van der Waals surface area contributed by atoms with E-state index in [4.69, 9.17) is 4.74 Å². The molecule has 1 aromatic rings. The SMILES string of the molecule is Cc1cc(/C=C(\C#N)C(=O)OCC(=O)NC2(C#N)CCCC2)c(C)n1CCC(C)C. The van der Waals surface area contributed by atoms with Crippen LogP contribution in [0, 0.1) is 42.4 Å². The molecule has 30 heavy (non-hydrogen) atoms. The number of hydrogen-bond donors (Lipinski definition) is 1. The number of nitrogens with zero attached hydrogens (tertiary/aromatic N) is 3. The monoisotopic (exact) mass is 410 g/mol. The summed E-state index contributed by atoms with van der Waals surface area (Å²) in [6, 6.07) is 5.95. The maximum Gasteiger partial charge on any atom is 0.349 e. The fourth-order valence-corrected chi connectivity index (χ4v) is 3.75. The second-order valence-electron chi connectivity index (χ2n) is 8.36. The predicted molar refractivity (Wildman–Crippen MR) is 113 cm³/mol. The lowest BCUT2D eigenvalue weighted by Gasteiger charge is -2.21. The van der Waals surface area contributed by atoms with Gasteiger partial charge in [-0.15, -0.1) is 0 Å². The van der Waals surface area contributed by atoms with Crippen molar-refractivity contribution in [3.8, 4) is 12.1 Å². The third-order valence-corrected chi connectivity index (χ3v) is 5.57. The molecule has 1 N–H and O–H groups in total. The number of nitriles is 2. The van der Waals surface area contributed by atoms with Crippen molar-refractivity contribution in [1.82, 2.24) is 9.88 Å². The molecule has 0 bridgehead atoms. The maximum absolute atomic E-state index is 12.3. The molecule has 1 aliphatic rings. The third-order valence-electron chi connectivity index (χ3n) is 5.57. The Balaban J connectivity index is 2.03. The molecule has 7 heteroatoms. The molecule has 7 nitrogen and oxygen atoms in total. The summed E-state index contributed by atoms with van der Waals surface area (Å²) in [4.78, 5) is 24.4. The molecule has 0 saturated heterocycles. The van der Waals surface area contributed by atoms with Gasteiger partial charge in [0.1, 0.15) is 17.2 Å². The van der Waals surface area contributed by atoms with Gasteiger partial charge in [0.15, 0.2) is 6.61 Å². The second-order valence-corrected chi connectivity index (χ2v) is 8.36. The van der Waals surface area contributed by atoms with Crippen LogP contribution >= 0.6 is 0 Å². The Morgan fingerprint density at radius 1 is 1.30 bits per heavy atom. The maximum atomic E-state index is 12.3. The summed E-state index contributed by atoms with van der Waals surface area (Å²) >= 11 is 0. The first-order chi connectivity index (χ1) is 14.2. The highest BCUT2D eigenvalue weighted by Crippen LogP contribution is 2.28. The van der Waals surface area contributed by atoms with Crippen LogP contribution in [-0.2, 0) is 20.9 Å².